The van der Waals surface area contributed by atoms with Gasteiger partial charge in [-0.2, -0.15) is 4.98 Å². The Hall–Kier alpha value is -3.21. The number of benzene rings is 2. The minimum absolute atomic E-state index is 0. The first kappa shape index (κ1) is 27.8. The SMILES string of the molecule is Cc1cccc(C)c1-c1cc2nc(n1)NS(=O)(=O)c1cccc(c1)C(=O)N1CCN(C(C)C)C[C@@H]1CO2.Cl. The van der Waals surface area contributed by atoms with Crippen LogP contribution in [0.2, 0.25) is 0 Å². The van der Waals surface area contributed by atoms with Crippen molar-refractivity contribution in [1.82, 2.24) is 19.8 Å². The zero-order valence-corrected chi connectivity index (χ0v) is 23.5. The number of ether oxygens (including phenoxy) is 1. The van der Waals surface area contributed by atoms with Crippen LogP contribution in [0.25, 0.3) is 11.3 Å². The van der Waals surface area contributed by atoms with Crippen molar-refractivity contribution in [2.75, 3.05) is 31.0 Å². The number of halogens is 1. The number of fused-ring (bicyclic) bond motifs is 5. The fourth-order valence-electron chi connectivity index (χ4n) is 4.97. The lowest BCUT2D eigenvalue weighted by atomic mass is 10.00. The Morgan fingerprint density at radius 3 is 2.45 bits per heavy atom. The summed E-state index contributed by atoms with van der Waals surface area (Å²) in [6.45, 7) is 10.3. The number of hydrogen-bond donors (Lipinski definition) is 1. The molecule has 3 aromatic rings. The molecule has 1 aromatic heterocycles. The van der Waals surface area contributed by atoms with Crippen LogP contribution in [0.5, 0.6) is 5.88 Å². The molecule has 3 heterocycles. The number of aromatic nitrogens is 2. The van der Waals surface area contributed by atoms with Gasteiger partial charge in [-0.05, 0) is 57.0 Å². The molecule has 1 N–H and O–H groups in total. The minimum Gasteiger partial charge on any atom is -0.475 e. The van der Waals surface area contributed by atoms with E-state index in [2.05, 4.69) is 33.4 Å². The largest absolute Gasteiger partial charge is 0.475 e. The van der Waals surface area contributed by atoms with E-state index in [-0.39, 0.29) is 47.7 Å². The molecule has 9 nitrogen and oxygen atoms in total. The molecule has 0 spiro atoms. The third-order valence-electron chi connectivity index (χ3n) is 6.99. The van der Waals surface area contributed by atoms with Gasteiger partial charge >= 0.3 is 0 Å². The van der Waals surface area contributed by atoms with Crippen LogP contribution in [0.15, 0.2) is 53.4 Å². The van der Waals surface area contributed by atoms with Gasteiger partial charge in [-0.15, -0.1) is 12.4 Å². The highest BCUT2D eigenvalue weighted by atomic mass is 35.5. The van der Waals surface area contributed by atoms with E-state index in [9.17, 15) is 13.2 Å². The summed E-state index contributed by atoms with van der Waals surface area (Å²) >= 11 is 0. The highest BCUT2D eigenvalue weighted by Gasteiger charge is 2.33. The Bertz CT molecular complexity index is 1440. The van der Waals surface area contributed by atoms with E-state index in [1.54, 1.807) is 23.1 Å². The van der Waals surface area contributed by atoms with Crippen molar-refractivity contribution in [2.24, 2.45) is 0 Å². The number of anilines is 1. The van der Waals surface area contributed by atoms with Crippen molar-refractivity contribution < 1.29 is 17.9 Å². The van der Waals surface area contributed by atoms with Crippen molar-refractivity contribution in [2.45, 2.75) is 44.7 Å². The van der Waals surface area contributed by atoms with Gasteiger partial charge in [-0.25, -0.2) is 18.1 Å². The number of nitrogens with zero attached hydrogens (tertiary/aromatic N) is 4. The van der Waals surface area contributed by atoms with Crippen molar-refractivity contribution in [3.8, 4) is 17.1 Å². The van der Waals surface area contributed by atoms with Crippen molar-refractivity contribution >= 4 is 34.3 Å². The maximum absolute atomic E-state index is 13.5. The Morgan fingerprint density at radius 1 is 1.03 bits per heavy atom. The maximum atomic E-state index is 13.5. The van der Waals surface area contributed by atoms with E-state index < -0.39 is 10.0 Å². The van der Waals surface area contributed by atoms with E-state index in [0.29, 0.717) is 30.4 Å². The third-order valence-corrected chi connectivity index (χ3v) is 8.31. The first-order valence-corrected chi connectivity index (χ1v) is 13.9. The number of rotatable bonds is 2. The van der Waals surface area contributed by atoms with E-state index >= 15 is 0 Å². The van der Waals surface area contributed by atoms with Gasteiger partial charge in [-0.1, -0.05) is 24.3 Å². The molecule has 2 aliphatic rings. The van der Waals surface area contributed by atoms with E-state index in [0.717, 1.165) is 23.2 Å². The van der Waals surface area contributed by atoms with Gasteiger partial charge in [0, 0.05) is 42.9 Å². The summed E-state index contributed by atoms with van der Waals surface area (Å²) in [5, 5.41) is 0. The Balaban J connectivity index is 0.00000336. The fraction of sp³-hybridized carbons (Fsp3) is 0.370. The molecule has 0 aliphatic carbocycles. The molecule has 0 unspecified atom stereocenters. The highest BCUT2D eigenvalue weighted by Crippen LogP contribution is 2.30. The van der Waals surface area contributed by atoms with Crippen LogP contribution in [-0.4, -0.2) is 72.4 Å². The highest BCUT2D eigenvalue weighted by molar-refractivity contribution is 7.92. The lowest BCUT2D eigenvalue weighted by Gasteiger charge is -2.42. The van der Waals surface area contributed by atoms with Crippen molar-refractivity contribution in [3.05, 3.63) is 65.2 Å². The number of hydrogen-bond acceptors (Lipinski definition) is 7. The number of carbonyl (C=O) groups excluding carboxylic acids is 1. The molecule has 2 aliphatic heterocycles. The molecule has 11 heteroatoms. The molecule has 1 saturated heterocycles. The van der Waals surface area contributed by atoms with Gasteiger partial charge in [0.25, 0.3) is 15.9 Å². The normalized spacial score (nSPS) is 19.1. The van der Waals surface area contributed by atoms with Gasteiger partial charge in [0.05, 0.1) is 16.6 Å². The lowest BCUT2D eigenvalue weighted by molar-refractivity contribution is 0.0254. The second kappa shape index (κ2) is 10.9. The zero-order valence-electron chi connectivity index (χ0n) is 21.8. The molecule has 2 aromatic carbocycles. The summed E-state index contributed by atoms with van der Waals surface area (Å²) in [5.41, 5.74) is 3.76. The van der Waals surface area contributed by atoms with Gasteiger partial charge in [0.15, 0.2) is 0 Å². The van der Waals surface area contributed by atoms with Crippen molar-refractivity contribution in [3.63, 3.8) is 0 Å². The van der Waals surface area contributed by atoms with Crippen LogP contribution in [-0.2, 0) is 10.0 Å². The summed E-state index contributed by atoms with van der Waals surface area (Å²) in [6, 6.07) is 13.8. The van der Waals surface area contributed by atoms with Crippen LogP contribution in [0, 0.1) is 13.8 Å². The smallest absolute Gasteiger partial charge is 0.264 e. The standard InChI is InChI=1S/C27H31N5O4S.ClH/c1-17(2)31-11-12-32-21(15-31)16-36-24-14-23(25-18(3)7-5-8-19(25)4)28-27(29-24)30-37(34,35)22-10-6-9-20(13-22)26(32)33;/h5-10,13-14,17,21H,11-12,15-16H2,1-4H3,(H,28,29,30);1H/t21-;/m1./s1. The van der Waals surface area contributed by atoms with E-state index in [1.165, 1.54) is 12.1 Å². The van der Waals surface area contributed by atoms with Crippen molar-refractivity contribution in [1.29, 1.82) is 0 Å². The molecule has 4 bridgehead atoms. The quantitative estimate of drug-likeness (QED) is 0.509. The first-order valence-electron chi connectivity index (χ1n) is 12.4. The van der Waals surface area contributed by atoms with Crippen LogP contribution < -0.4 is 9.46 Å². The average Bonchev–Trinajstić information content (AvgIpc) is 2.86. The second-order valence-electron chi connectivity index (χ2n) is 9.87. The first-order chi connectivity index (χ1) is 17.6. The van der Waals surface area contributed by atoms with Gasteiger partial charge in [0.2, 0.25) is 11.8 Å². The Morgan fingerprint density at radius 2 is 1.74 bits per heavy atom. The molecule has 0 saturated carbocycles. The Kier molecular flexibility index (Phi) is 7.96. The number of amides is 1. The molecule has 1 amide bonds. The van der Waals surface area contributed by atoms with Crippen LogP contribution in [0.4, 0.5) is 5.95 Å². The number of carbonyl (C=O) groups is 1. The van der Waals surface area contributed by atoms with Crippen LogP contribution in [0.1, 0.15) is 35.3 Å². The summed E-state index contributed by atoms with van der Waals surface area (Å²) in [7, 11) is -4.06. The minimum atomic E-state index is -4.06. The number of aryl methyl sites for hydroxylation is 2. The number of nitrogens with one attached hydrogen (secondary N) is 1. The molecular weight excluding hydrogens is 526 g/mol. The lowest BCUT2D eigenvalue weighted by Crippen LogP contribution is -2.58. The number of piperazine rings is 1. The molecule has 1 fully saturated rings. The predicted octanol–water partition coefficient (Wildman–Crippen LogP) is 3.91. The van der Waals surface area contributed by atoms with Gasteiger partial charge in [-0.3, -0.25) is 9.69 Å². The molecule has 0 radical (unpaired) electrons. The topological polar surface area (TPSA) is 105 Å². The molecule has 38 heavy (non-hydrogen) atoms. The molecular formula is C27H32ClN5O4S. The van der Waals surface area contributed by atoms with Gasteiger partial charge < -0.3 is 9.64 Å². The average molecular weight is 558 g/mol. The summed E-state index contributed by atoms with van der Waals surface area (Å²) < 4.78 is 35.3. The zero-order chi connectivity index (χ0) is 26.3. The third kappa shape index (κ3) is 5.48. The van der Waals surface area contributed by atoms with Crippen LogP contribution >= 0.6 is 12.4 Å². The molecule has 5 rings (SSSR count). The summed E-state index contributed by atoms with van der Waals surface area (Å²) in [5.74, 6) is -0.0665. The second-order valence-corrected chi connectivity index (χ2v) is 11.5. The predicted molar refractivity (Wildman–Crippen MR) is 148 cm³/mol. The fourth-order valence-corrected chi connectivity index (χ4v) is 5.96. The van der Waals surface area contributed by atoms with Gasteiger partial charge in [0.1, 0.15) is 6.61 Å². The maximum Gasteiger partial charge on any atom is 0.264 e. The van der Waals surface area contributed by atoms with E-state index in [1.807, 2.05) is 32.0 Å². The molecule has 1 atom stereocenters. The Labute approximate surface area is 229 Å². The number of sulfonamides is 1. The summed E-state index contributed by atoms with van der Waals surface area (Å²) in [4.78, 5) is 26.5. The monoisotopic (exact) mass is 557 g/mol. The van der Waals surface area contributed by atoms with Crippen LogP contribution in [0.3, 0.4) is 0 Å². The van der Waals surface area contributed by atoms with E-state index in [4.69, 9.17) is 4.74 Å². The molecule has 202 valence electrons. The summed E-state index contributed by atoms with van der Waals surface area (Å²) in [6.07, 6.45) is 0.